The number of aryl methyl sites for hydroxylation is 1. The van der Waals surface area contributed by atoms with Crippen molar-refractivity contribution in [2.45, 2.75) is 95.9 Å². The molecule has 50 heavy (non-hydrogen) atoms. The smallest absolute Gasteiger partial charge is 0.417 e. The maximum atomic E-state index is 13.8. The second kappa shape index (κ2) is 17.3. The van der Waals surface area contributed by atoms with Crippen molar-refractivity contribution in [2.24, 2.45) is 0 Å². The fourth-order valence-electron chi connectivity index (χ4n) is 7.36. The highest BCUT2D eigenvalue weighted by Gasteiger charge is 2.52. The second-order valence-corrected chi connectivity index (χ2v) is 13.6. The molecule has 1 fully saturated rings. The van der Waals surface area contributed by atoms with Gasteiger partial charge in [-0.05, 0) is 66.5 Å². The molecule has 1 aliphatic heterocycles. The van der Waals surface area contributed by atoms with E-state index in [9.17, 15) is 19.5 Å². The second-order valence-electron chi connectivity index (χ2n) is 13.6. The fraction of sp³-hybridized carbons (Fsp3) is 0.372. The Bertz CT molecular complexity index is 1650. The molecule has 0 aliphatic carbocycles. The average molecular weight is 675 g/mol. The first-order valence-electron chi connectivity index (χ1n) is 18.0. The number of anilines is 1. The van der Waals surface area contributed by atoms with Crippen molar-refractivity contribution in [3.63, 3.8) is 0 Å². The van der Waals surface area contributed by atoms with Gasteiger partial charge in [-0.15, -0.1) is 0 Å². The molecule has 0 radical (unpaired) electrons. The number of amides is 2. The van der Waals surface area contributed by atoms with Gasteiger partial charge in [0.25, 0.3) is 0 Å². The van der Waals surface area contributed by atoms with E-state index in [4.69, 9.17) is 4.74 Å². The predicted molar refractivity (Wildman–Crippen MR) is 197 cm³/mol. The van der Waals surface area contributed by atoms with E-state index in [1.807, 2.05) is 56.3 Å². The van der Waals surface area contributed by atoms with Crippen LogP contribution in [0.4, 0.5) is 10.5 Å². The molecule has 5 rings (SSSR count). The quantitative estimate of drug-likeness (QED) is 0.106. The van der Waals surface area contributed by atoms with Crippen molar-refractivity contribution in [2.75, 3.05) is 11.5 Å². The van der Waals surface area contributed by atoms with Crippen LogP contribution in [-0.2, 0) is 39.4 Å². The molecule has 262 valence electrons. The van der Waals surface area contributed by atoms with Crippen LogP contribution in [0.1, 0.15) is 87.5 Å². The first-order valence-corrected chi connectivity index (χ1v) is 18.0. The molecule has 0 saturated carbocycles. The van der Waals surface area contributed by atoms with Crippen LogP contribution in [0.2, 0.25) is 0 Å². The molecule has 4 aromatic carbocycles. The first-order chi connectivity index (χ1) is 24.2. The number of hydrogen-bond acceptors (Lipinski definition) is 6. The topological polar surface area (TPSA) is 87.2 Å². The lowest BCUT2D eigenvalue weighted by Crippen LogP contribution is -2.49. The number of ketones is 1. The summed E-state index contributed by atoms with van der Waals surface area (Å²) < 4.78 is 5.58. The van der Waals surface area contributed by atoms with Crippen molar-refractivity contribution >= 4 is 23.5 Å². The largest absolute Gasteiger partial charge is 0.446 e. The van der Waals surface area contributed by atoms with Crippen LogP contribution < -0.4 is 4.90 Å². The van der Waals surface area contributed by atoms with Gasteiger partial charge in [-0.2, -0.15) is 0 Å². The van der Waals surface area contributed by atoms with E-state index in [0.29, 0.717) is 25.7 Å². The maximum Gasteiger partial charge on any atom is 0.417 e. The van der Waals surface area contributed by atoms with Gasteiger partial charge in [0.05, 0.1) is 12.0 Å². The van der Waals surface area contributed by atoms with E-state index in [0.717, 1.165) is 49.2 Å². The molecule has 1 heterocycles. The average Bonchev–Trinajstić information content (AvgIpc) is 3.46. The Morgan fingerprint density at radius 1 is 0.800 bits per heavy atom. The Hall–Kier alpha value is -4.75. The molecule has 1 unspecified atom stereocenters. The highest BCUT2D eigenvalue weighted by molar-refractivity contribution is 6.04. The van der Waals surface area contributed by atoms with Gasteiger partial charge in [0, 0.05) is 25.2 Å². The van der Waals surface area contributed by atoms with Gasteiger partial charge in [-0.1, -0.05) is 130 Å². The highest BCUT2D eigenvalue weighted by Crippen LogP contribution is 2.40. The molecule has 1 N–H and O–H groups in total. The molecule has 2 amide bonds. The molecule has 0 bridgehead atoms. The van der Waals surface area contributed by atoms with Gasteiger partial charge in [0.15, 0.2) is 0 Å². The number of rotatable bonds is 18. The number of hydrogen-bond donors (Lipinski definition) is 1. The molecular weight excluding hydrogens is 624 g/mol. The summed E-state index contributed by atoms with van der Waals surface area (Å²) in [5.41, 5.74) is 3.35. The van der Waals surface area contributed by atoms with Gasteiger partial charge in [-0.25, -0.2) is 9.69 Å². The van der Waals surface area contributed by atoms with Gasteiger partial charge in [-0.3, -0.25) is 9.59 Å². The van der Waals surface area contributed by atoms with E-state index in [1.165, 1.54) is 16.0 Å². The molecule has 1 aliphatic rings. The number of nitrogens with zero attached hydrogens (tertiary/aromatic N) is 2. The molecule has 0 spiro atoms. The van der Waals surface area contributed by atoms with Crippen LogP contribution in [0.15, 0.2) is 115 Å². The molecule has 1 atom stereocenters. The standard InChI is InChI=1S/C43H50N2O5/c1-3-25-42(49,26-4-2)30-39(46)29-40(47)45-41(48)50-33-43(45,37-22-12-7-13-23-37)27-15-21-34-20-14-24-38(28-34)44(31-35-16-8-5-9-17-35)32-36-18-10-6-11-19-36/h5-14,16-20,22-24,28,49H,3-4,15,21,25-27,29-33H2,1-2H3. The zero-order chi connectivity index (χ0) is 35.4. The van der Waals surface area contributed by atoms with Gasteiger partial charge >= 0.3 is 6.09 Å². The number of ether oxygens (including phenoxy) is 1. The summed E-state index contributed by atoms with van der Waals surface area (Å²) in [5.74, 6) is -0.954. The molecule has 1 saturated heterocycles. The number of carbonyl (C=O) groups excluding carboxylic acids is 3. The Labute approximate surface area is 296 Å². The Morgan fingerprint density at radius 2 is 1.36 bits per heavy atom. The van der Waals surface area contributed by atoms with Gasteiger partial charge in [0.2, 0.25) is 5.91 Å². The monoisotopic (exact) mass is 674 g/mol. The van der Waals surface area contributed by atoms with Crippen LogP contribution in [0.25, 0.3) is 0 Å². The van der Waals surface area contributed by atoms with Crippen molar-refractivity contribution in [3.05, 3.63) is 138 Å². The van der Waals surface area contributed by atoms with E-state index in [1.54, 1.807) is 0 Å². The van der Waals surface area contributed by atoms with Crippen molar-refractivity contribution in [1.29, 1.82) is 0 Å². The van der Waals surface area contributed by atoms with Crippen molar-refractivity contribution in [3.8, 4) is 0 Å². The number of benzene rings is 4. The Kier molecular flexibility index (Phi) is 12.6. The molecule has 0 aromatic heterocycles. The third kappa shape index (κ3) is 9.27. The summed E-state index contributed by atoms with van der Waals surface area (Å²) in [7, 11) is 0. The van der Waals surface area contributed by atoms with Crippen LogP contribution in [0.3, 0.4) is 0 Å². The van der Waals surface area contributed by atoms with Crippen LogP contribution >= 0.6 is 0 Å². The number of cyclic esters (lactones) is 1. The minimum absolute atomic E-state index is 0.0212. The fourth-order valence-corrected chi connectivity index (χ4v) is 7.36. The number of aliphatic hydroxyl groups is 1. The summed E-state index contributed by atoms with van der Waals surface area (Å²) in [6.45, 7) is 5.48. The summed E-state index contributed by atoms with van der Waals surface area (Å²) in [6.07, 6.45) is 3.01. The SMILES string of the molecule is CCCC(O)(CCC)CC(=O)CC(=O)N1C(=O)OCC1(CCCc1cccc(N(Cc2ccccc2)Cc2ccccc2)c1)c1ccccc1. The third-order valence-electron chi connectivity index (χ3n) is 9.67. The van der Waals surface area contributed by atoms with E-state index >= 15 is 0 Å². The third-order valence-corrected chi connectivity index (χ3v) is 9.67. The summed E-state index contributed by atoms with van der Waals surface area (Å²) in [4.78, 5) is 43.8. The van der Waals surface area contributed by atoms with Crippen molar-refractivity contribution in [1.82, 2.24) is 4.90 Å². The van der Waals surface area contributed by atoms with Gasteiger partial charge < -0.3 is 14.7 Å². The lowest BCUT2D eigenvalue weighted by molar-refractivity contribution is -0.137. The summed E-state index contributed by atoms with van der Waals surface area (Å²) in [6, 6.07) is 39.0. The van der Waals surface area contributed by atoms with Crippen molar-refractivity contribution < 1.29 is 24.2 Å². The Balaban J connectivity index is 1.34. The molecular formula is C43H50N2O5. The molecule has 4 aromatic rings. The highest BCUT2D eigenvalue weighted by atomic mass is 16.6. The minimum atomic E-state index is -1.14. The van der Waals surface area contributed by atoms with Crippen LogP contribution in [-0.4, -0.2) is 40.0 Å². The number of carbonyl (C=O) groups is 3. The van der Waals surface area contributed by atoms with E-state index in [2.05, 4.69) is 77.7 Å². The number of imide groups is 1. The summed E-state index contributed by atoms with van der Waals surface area (Å²) >= 11 is 0. The van der Waals surface area contributed by atoms with Crippen LogP contribution in [0, 0.1) is 0 Å². The zero-order valence-electron chi connectivity index (χ0n) is 29.4. The lowest BCUT2D eigenvalue weighted by atomic mass is 9.83. The minimum Gasteiger partial charge on any atom is -0.446 e. The maximum absolute atomic E-state index is 13.8. The van der Waals surface area contributed by atoms with E-state index in [-0.39, 0.29) is 18.8 Å². The zero-order valence-corrected chi connectivity index (χ0v) is 29.4. The predicted octanol–water partition coefficient (Wildman–Crippen LogP) is 8.77. The van der Waals surface area contributed by atoms with Gasteiger partial charge in [0.1, 0.15) is 17.9 Å². The molecule has 7 heteroatoms. The molecule has 7 nitrogen and oxygen atoms in total. The normalized spacial score (nSPS) is 15.9. The lowest BCUT2D eigenvalue weighted by Gasteiger charge is -2.35. The summed E-state index contributed by atoms with van der Waals surface area (Å²) in [5, 5.41) is 11.1. The Morgan fingerprint density at radius 3 is 1.94 bits per heavy atom. The van der Waals surface area contributed by atoms with E-state index < -0.39 is 29.6 Å². The van der Waals surface area contributed by atoms with Crippen LogP contribution in [0.5, 0.6) is 0 Å². The number of Topliss-reactive ketones (excluding diaryl/α,β-unsaturated/α-hetero) is 1. The first kappa shape index (κ1) is 36.5.